The Bertz CT molecular complexity index is 739. The number of ether oxygens (including phenoxy) is 1. The van der Waals surface area contributed by atoms with E-state index in [1.54, 1.807) is 6.20 Å². The number of benzene rings is 1. The van der Waals surface area contributed by atoms with E-state index in [-0.39, 0.29) is 5.92 Å². The van der Waals surface area contributed by atoms with Crippen LogP contribution in [0, 0.1) is 24.5 Å². The van der Waals surface area contributed by atoms with Crippen molar-refractivity contribution in [3.8, 4) is 5.88 Å². The van der Waals surface area contributed by atoms with Crippen LogP contribution in [0.4, 0.5) is 8.78 Å². The third-order valence-corrected chi connectivity index (χ3v) is 4.50. The number of pyridine rings is 1. The highest BCUT2D eigenvalue weighted by Crippen LogP contribution is 2.23. The van der Waals surface area contributed by atoms with Crippen LogP contribution in [0.5, 0.6) is 5.88 Å². The van der Waals surface area contributed by atoms with Gasteiger partial charge in [-0.1, -0.05) is 12.1 Å². The molecule has 1 aromatic carbocycles. The molecular formula is C19H20F2N2O2. The minimum Gasteiger partial charge on any atom is -0.477 e. The van der Waals surface area contributed by atoms with Crippen molar-refractivity contribution < 1.29 is 18.3 Å². The minimum atomic E-state index is -0.818. The average Bonchev–Trinajstić information content (AvgIpc) is 2.61. The van der Waals surface area contributed by atoms with Crippen LogP contribution in [0.25, 0.3) is 0 Å². The zero-order valence-corrected chi connectivity index (χ0v) is 14.0. The Labute approximate surface area is 145 Å². The Balaban J connectivity index is 1.55. The van der Waals surface area contributed by atoms with E-state index in [9.17, 15) is 13.6 Å². The van der Waals surface area contributed by atoms with Gasteiger partial charge < -0.3 is 9.64 Å². The number of hydrogen-bond donors (Lipinski definition) is 0. The summed E-state index contributed by atoms with van der Waals surface area (Å²) in [6, 6.07) is 7.25. The Kier molecular flexibility index (Phi) is 5.26. The van der Waals surface area contributed by atoms with Gasteiger partial charge >= 0.3 is 0 Å². The molecule has 2 aromatic rings. The summed E-state index contributed by atoms with van der Waals surface area (Å²) in [5, 5.41) is 0. The van der Waals surface area contributed by atoms with E-state index in [0.29, 0.717) is 25.6 Å². The molecule has 3 rings (SSSR count). The summed E-state index contributed by atoms with van der Waals surface area (Å²) in [7, 11) is 0. The van der Waals surface area contributed by atoms with Crippen molar-refractivity contribution in [2.75, 3.05) is 19.7 Å². The van der Waals surface area contributed by atoms with Crippen LogP contribution in [0.1, 0.15) is 28.8 Å². The third-order valence-electron chi connectivity index (χ3n) is 4.50. The lowest BCUT2D eigenvalue weighted by Gasteiger charge is -2.32. The number of amides is 1. The average molecular weight is 346 g/mol. The molecule has 1 aliphatic heterocycles. The maximum atomic E-state index is 13.8. The predicted molar refractivity (Wildman–Crippen MR) is 89.5 cm³/mol. The van der Waals surface area contributed by atoms with Crippen molar-refractivity contribution in [2.45, 2.75) is 19.8 Å². The summed E-state index contributed by atoms with van der Waals surface area (Å²) in [5.41, 5.74) is 0.506. The molecule has 1 saturated heterocycles. The highest BCUT2D eigenvalue weighted by Gasteiger charge is 2.27. The summed E-state index contributed by atoms with van der Waals surface area (Å²) in [5.74, 6) is -1.32. The molecule has 1 aromatic heterocycles. The van der Waals surface area contributed by atoms with Gasteiger partial charge in [0.05, 0.1) is 6.61 Å². The fourth-order valence-corrected chi connectivity index (χ4v) is 2.98. The standard InChI is InChI=1S/C19H20F2N2O2/c1-13-4-3-9-22-18(13)25-12-14-7-10-23(11-8-14)19(24)17-15(20)5-2-6-16(17)21/h2-6,9,14H,7-8,10-12H2,1H3. The lowest BCUT2D eigenvalue weighted by atomic mass is 9.97. The first-order valence-electron chi connectivity index (χ1n) is 8.34. The Morgan fingerprint density at radius 2 is 1.88 bits per heavy atom. The topological polar surface area (TPSA) is 42.4 Å². The monoisotopic (exact) mass is 346 g/mol. The van der Waals surface area contributed by atoms with Crippen LogP contribution in [0.2, 0.25) is 0 Å². The van der Waals surface area contributed by atoms with E-state index in [2.05, 4.69) is 4.98 Å². The number of nitrogens with zero attached hydrogens (tertiary/aromatic N) is 2. The Hall–Kier alpha value is -2.50. The SMILES string of the molecule is Cc1cccnc1OCC1CCN(C(=O)c2c(F)cccc2F)CC1. The van der Waals surface area contributed by atoms with Crippen molar-refractivity contribution in [1.29, 1.82) is 0 Å². The van der Waals surface area contributed by atoms with E-state index >= 15 is 0 Å². The number of piperidine rings is 1. The van der Waals surface area contributed by atoms with Gasteiger partial charge in [0.2, 0.25) is 5.88 Å². The molecule has 0 aliphatic carbocycles. The van der Waals surface area contributed by atoms with Crippen LogP contribution in [0.3, 0.4) is 0 Å². The second kappa shape index (κ2) is 7.59. The molecule has 0 bridgehead atoms. The third kappa shape index (κ3) is 3.95. The maximum Gasteiger partial charge on any atom is 0.259 e. The van der Waals surface area contributed by atoms with Crippen molar-refractivity contribution in [1.82, 2.24) is 9.88 Å². The van der Waals surface area contributed by atoms with Gasteiger partial charge in [-0.3, -0.25) is 4.79 Å². The van der Waals surface area contributed by atoms with E-state index in [0.717, 1.165) is 30.5 Å². The Morgan fingerprint density at radius 3 is 2.52 bits per heavy atom. The van der Waals surface area contributed by atoms with Crippen LogP contribution >= 0.6 is 0 Å². The minimum absolute atomic E-state index is 0.288. The van der Waals surface area contributed by atoms with Crippen LogP contribution in [0.15, 0.2) is 36.5 Å². The summed E-state index contributed by atoms with van der Waals surface area (Å²) < 4.78 is 33.3. The molecule has 4 nitrogen and oxygen atoms in total. The molecule has 0 N–H and O–H groups in total. The lowest BCUT2D eigenvalue weighted by Crippen LogP contribution is -2.40. The van der Waals surface area contributed by atoms with Gasteiger partial charge in [-0.25, -0.2) is 13.8 Å². The summed E-state index contributed by atoms with van der Waals surface area (Å²) in [6.45, 7) is 3.38. The van der Waals surface area contributed by atoms with Crippen LogP contribution < -0.4 is 4.74 Å². The van der Waals surface area contributed by atoms with E-state index in [4.69, 9.17) is 4.74 Å². The smallest absolute Gasteiger partial charge is 0.259 e. The molecule has 0 spiro atoms. The van der Waals surface area contributed by atoms with Gasteiger partial charge in [0, 0.05) is 24.8 Å². The first kappa shape index (κ1) is 17.3. The molecule has 0 unspecified atom stereocenters. The fraction of sp³-hybridized carbons (Fsp3) is 0.368. The molecule has 6 heteroatoms. The van der Waals surface area contributed by atoms with E-state index in [1.807, 2.05) is 19.1 Å². The van der Waals surface area contributed by atoms with Crippen molar-refractivity contribution >= 4 is 5.91 Å². The number of aromatic nitrogens is 1. The maximum absolute atomic E-state index is 13.8. The van der Waals surface area contributed by atoms with E-state index in [1.165, 1.54) is 11.0 Å². The zero-order chi connectivity index (χ0) is 17.8. The molecule has 132 valence electrons. The molecule has 2 heterocycles. The summed E-state index contributed by atoms with van der Waals surface area (Å²) >= 11 is 0. The number of carbonyl (C=O) groups excluding carboxylic acids is 1. The molecule has 0 atom stereocenters. The molecular weight excluding hydrogens is 326 g/mol. The lowest BCUT2D eigenvalue weighted by molar-refractivity contribution is 0.0649. The van der Waals surface area contributed by atoms with Gasteiger partial charge in [-0.15, -0.1) is 0 Å². The second-order valence-electron chi connectivity index (χ2n) is 6.27. The fourth-order valence-electron chi connectivity index (χ4n) is 2.98. The number of aryl methyl sites for hydroxylation is 1. The molecule has 1 fully saturated rings. The first-order valence-corrected chi connectivity index (χ1v) is 8.34. The van der Waals surface area contributed by atoms with Gasteiger partial charge in [0.1, 0.15) is 17.2 Å². The number of likely N-dealkylation sites (tertiary alicyclic amines) is 1. The molecule has 1 aliphatic rings. The zero-order valence-electron chi connectivity index (χ0n) is 14.0. The molecule has 0 radical (unpaired) electrons. The summed E-state index contributed by atoms with van der Waals surface area (Å²) in [6.07, 6.45) is 3.15. The van der Waals surface area contributed by atoms with Gasteiger partial charge in [-0.05, 0) is 43.9 Å². The van der Waals surface area contributed by atoms with Crippen LogP contribution in [-0.4, -0.2) is 35.5 Å². The van der Waals surface area contributed by atoms with Gasteiger partial charge in [0.15, 0.2) is 0 Å². The van der Waals surface area contributed by atoms with Crippen molar-refractivity contribution in [3.05, 3.63) is 59.3 Å². The Morgan fingerprint density at radius 1 is 1.20 bits per heavy atom. The van der Waals surface area contributed by atoms with Crippen LogP contribution in [-0.2, 0) is 0 Å². The quantitative estimate of drug-likeness (QED) is 0.849. The molecule has 25 heavy (non-hydrogen) atoms. The normalized spacial score (nSPS) is 15.2. The molecule has 1 amide bonds. The van der Waals surface area contributed by atoms with Gasteiger partial charge in [-0.2, -0.15) is 0 Å². The number of carbonyl (C=O) groups is 1. The van der Waals surface area contributed by atoms with Gasteiger partial charge in [0.25, 0.3) is 5.91 Å². The highest BCUT2D eigenvalue weighted by molar-refractivity contribution is 5.94. The van der Waals surface area contributed by atoms with Crippen molar-refractivity contribution in [3.63, 3.8) is 0 Å². The first-order chi connectivity index (χ1) is 12.1. The largest absolute Gasteiger partial charge is 0.477 e. The number of rotatable bonds is 4. The highest BCUT2D eigenvalue weighted by atomic mass is 19.1. The van der Waals surface area contributed by atoms with Crippen molar-refractivity contribution in [2.24, 2.45) is 5.92 Å². The molecule has 0 saturated carbocycles. The number of halogens is 2. The second-order valence-corrected chi connectivity index (χ2v) is 6.27. The van der Waals surface area contributed by atoms with E-state index < -0.39 is 23.1 Å². The predicted octanol–water partition coefficient (Wildman–Crippen LogP) is 3.60. The summed E-state index contributed by atoms with van der Waals surface area (Å²) in [4.78, 5) is 18.1. The number of hydrogen-bond acceptors (Lipinski definition) is 3.